The molecule has 1 aliphatic rings. The van der Waals surface area contributed by atoms with Crippen LogP contribution >= 0.6 is 0 Å². The summed E-state index contributed by atoms with van der Waals surface area (Å²) in [4.78, 5) is 0. The average Bonchev–Trinajstić information content (AvgIpc) is 1.65. The Kier molecular flexibility index (Phi) is 1.86. The van der Waals surface area contributed by atoms with Crippen LogP contribution in [0.3, 0.4) is 0 Å². The second-order valence-corrected chi connectivity index (χ2v) is 2.44. The maximum absolute atomic E-state index is 3.23. The van der Waals surface area contributed by atoms with Crippen LogP contribution in [0.25, 0.3) is 0 Å². The number of hydrogen-bond acceptors (Lipinski definition) is 2. The highest BCUT2D eigenvalue weighted by Gasteiger charge is 2.25. The van der Waals surface area contributed by atoms with Gasteiger partial charge in [0.15, 0.2) is 0 Å². The molecule has 0 heterocycles. The molecule has 1 rings (SSSR count). The molecule has 0 radical (unpaired) electrons. The molecule has 0 saturated heterocycles. The molecule has 2 N–H and O–H groups in total. The molecule has 0 amide bonds. The number of rotatable bonds is 2. The lowest BCUT2D eigenvalue weighted by atomic mass is 9.87. The summed E-state index contributed by atoms with van der Waals surface area (Å²) in [5.41, 5.74) is 0. The molecule has 2 heteroatoms. The van der Waals surface area contributed by atoms with Gasteiger partial charge in [0.05, 0.1) is 0 Å². The van der Waals surface area contributed by atoms with E-state index in [1.165, 1.54) is 12.8 Å². The van der Waals surface area contributed by atoms with Crippen LogP contribution < -0.4 is 10.6 Å². The third-order valence-corrected chi connectivity index (χ3v) is 1.95. The number of hydrogen-bond donors (Lipinski definition) is 2. The molecule has 8 heavy (non-hydrogen) atoms. The van der Waals surface area contributed by atoms with Gasteiger partial charge in [0, 0.05) is 12.1 Å². The minimum atomic E-state index is 0.785. The predicted molar refractivity (Wildman–Crippen MR) is 34.9 cm³/mol. The lowest BCUT2D eigenvalue weighted by molar-refractivity contribution is 0.273. The molecular weight excluding hydrogens is 100 g/mol. The lowest BCUT2D eigenvalue weighted by Gasteiger charge is -2.34. The summed E-state index contributed by atoms with van der Waals surface area (Å²) in [5, 5.41) is 6.45. The summed E-state index contributed by atoms with van der Waals surface area (Å²) in [6.07, 6.45) is 2.60. The average molecular weight is 114 g/mol. The third-order valence-electron chi connectivity index (χ3n) is 1.95. The van der Waals surface area contributed by atoms with Gasteiger partial charge >= 0.3 is 0 Å². The quantitative estimate of drug-likeness (QED) is 0.526. The highest BCUT2D eigenvalue weighted by molar-refractivity contribution is 4.87. The summed E-state index contributed by atoms with van der Waals surface area (Å²) in [5.74, 6) is 0. The topological polar surface area (TPSA) is 24.1 Å². The van der Waals surface area contributed by atoms with Gasteiger partial charge in [0.2, 0.25) is 0 Å². The van der Waals surface area contributed by atoms with E-state index in [2.05, 4.69) is 10.6 Å². The Bertz CT molecular complexity index is 58.9. The molecule has 1 aliphatic carbocycles. The lowest BCUT2D eigenvalue weighted by Crippen LogP contribution is -2.48. The van der Waals surface area contributed by atoms with Crippen molar-refractivity contribution in [3.63, 3.8) is 0 Å². The Morgan fingerprint density at radius 3 is 1.62 bits per heavy atom. The van der Waals surface area contributed by atoms with Crippen molar-refractivity contribution >= 4 is 0 Å². The largest absolute Gasteiger partial charge is 0.317 e. The van der Waals surface area contributed by atoms with Crippen LogP contribution in [0.1, 0.15) is 12.8 Å². The van der Waals surface area contributed by atoms with Crippen LogP contribution in [-0.2, 0) is 0 Å². The van der Waals surface area contributed by atoms with Crippen LogP contribution in [0.15, 0.2) is 0 Å². The molecule has 0 aliphatic heterocycles. The van der Waals surface area contributed by atoms with Crippen molar-refractivity contribution < 1.29 is 0 Å². The van der Waals surface area contributed by atoms with Gasteiger partial charge in [-0.2, -0.15) is 0 Å². The summed E-state index contributed by atoms with van der Waals surface area (Å²) in [6, 6.07) is 1.57. The first-order valence-electron chi connectivity index (χ1n) is 3.21. The van der Waals surface area contributed by atoms with Crippen molar-refractivity contribution in [2.24, 2.45) is 0 Å². The zero-order valence-electron chi connectivity index (χ0n) is 5.57. The van der Waals surface area contributed by atoms with E-state index in [9.17, 15) is 0 Å². The highest BCUT2D eigenvalue weighted by atomic mass is 15.0. The van der Waals surface area contributed by atoms with Gasteiger partial charge in [-0.05, 0) is 26.9 Å². The molecule has 2 nitrogen and oxygen atoms in total. The first-order chi connectivity index (χ1) is 3.86. The zero-order valence-corrected chi connectivity index (χ0v) is 5.57. The summed E-state index contributed by atoms with van der Waals surface area (Å²) in [7, 11) is 4.05. The molecule has 0 unspecified atom stereocenters. The Labute approximate surface area is 50.7 Å². The van der Waals surface area contributed by atoms with Gasteiger partial charge < -0.3 is 10.6 Å². The Balaban J connectivity index is 2.03. The van der Waals surface area contributed by atoms with E-state index in [1.54, 1.807) is 0 Å². The maximum Gasteiger partial charge on any atom is 0.00936 e. The normalized spacial score (nSPS) is 36.8. The van der Waals surface area contributed by atoms with Crippen molar-refractivity contribution in [1.29, 1.82) is 0 Å². The van der Waals surface area contributed by atoms with Crippen molar-refractivity contribution in [2.45, 2.75) is 24.9 Å². The maximum atomic E-state index is 3.23. The van der Waals surface area contributed by atoms with E-state index in [-0.39, 0.29) is 0 Å². The van der Waals surface area contributed by atoms with Crippen LogP contribution in [-0.4, -0.2) is 26.2 Å². The van der Waals surface area contributed by atoms with Gasteiger partial charge in [0.1, 0.15) is 0 Å². The summed E-state index contributed by atoms with van der Waals surface area (Å²) in [6.45, 7) is 0. The van der Waals surface area contributed by atoms with Crippen molar-refractivity contribution in [1.82, 2.24) is 10.6 Å². The van der Waals surface area contributed by atoms with E-state index < -0.39 is 0 Å². The van der Waals surface area contributed by atoms with Crippen molar-refractivity contribution in [2.75, 3.05) is 14.1 Å². The van der Waals surface area contributed by atoms with Crippen LogP contribution in [0, 0.1) is 0 Å². The molecule has 0 spiro atoms. The van der Waals surface area contributed by atoms with E-state index in [0.717, 1.165) is 12.1 Å². The molecule has 1 fully saturated rings. The molecule has 0 aromatic heterocycles. The summed E-state index contributed by atoms with van der Waals surface area (Å²) < 4.78 is 0. The molecule has 0 bridgehead atoms. The Hall–Kier alpha value is -0.0800. The zero-order chi connectivity index (χ0) is 5.98. The fourth-order valence-electron chi connectivity index (χ4n) is 1.09. The summed E-state index contributed by atoms with van der Waals surface area (Å²) >= 11 is 0. The first-order valence-corrected chi connectivity index (χ1v) is 3.21. The van der Waals surface area contributed by atoms with Crippen LogP contribution in [0.2, 0.25) is 0 Å². The second kappa shape index (κ2) is 2.46. The Morgan fingerprint density at radius 1 is 1.00 bits per heavy atom. The molecule has 48 valence electrons. The molecule has 1 saturated carbocycles. The molecule has 0 aromatic rings. The van der Waals surface area contributed by atoms with Gasteiger partial charge in [-0.25, -0.2) is 0 Å². The fraction of sp³-hybridized carbons (Fsp3) is 1.00. The fourth-order valence-corrected chi connectivity index (χ4v) is 1.09. The SMILES string of the molecule is CNC1CC(NC)C1. The second-order valence-electron chi connectivity index (χ2n) is 2.44. The van der Waals surface area contributed by atoms with E-state index in [0.29, 0.717) is 0 Å². The van der Waals surface area contributed by atoms with Crippen molar-refractivity contribution in [3.05, 3.63) is 0 Å². The van der Waals surface area contributed by atoms with Crippen LogP contribution in [0.5, 0.6) is 0 Å². The Morgan fingerprint density at radius 2 is 1.38 bits per heavy atom. The monoisotopic (exact) mass is 114 g/mol. The van der Waals surface area contributed by atoms with Gasteiger partial charge in [-0.15, -0.1) is 0 Å². The van der Waals surface area contributed by atoms with Crippen LogP contribution in [0.4, 0.5) is 0 Å². The third kappa shape index (κ3) is 1.01. The first kappa shape index (κ1) is 6.05. The molecule has 0 aromatic carbocycles. The van der Waals surface area contributed by atoms with Gasteiger partial charge in [0.25, 0.3) is 0 Å². The molecular formula is C6H14N2. The van der Waals surface area contributed by atoms with Crippen molar-refractivity contribution in [3.8, 4) is 0 Å². The highest BCUT2D eigenvalue weighted by Crippen LogP contribution is 2.18. The van der Waals surface area contributed by atoms with E-state index in [1.807, 2.05) is 14.1 Å². The minimum Gasteiger partial charge on any atom is -0.317 e. The predicted octanol–water partition coefficient (Wildman–Crippen LogP) is -0.0438. The van der Waals surface area contributed by atoms with E-state index >= 15 is 0 Å². The standard InChI is InChI=1S/C6H14N2/c1-7-5-3-6(4-5)8-2/h5-8H,3-4H2,1-2H3. The van der Waals surface area contributed by atoms with E-state index in [4.69, 9.17) is 0 Å². The molecule has 0 atom stereocenters. The van der Waals surface area contributed by atoms with Gasteiger partial charge in [-0.1, -0.05) is 0 Å². The number of nitrogens with one attached hydrogen (secondary N) is 2. The minimum absolute atomic E-state index is 0.785. The van der Waals surface area contributed by atoms with Gasteiger partial charge in [-0.3, -0.25) is 0 Å². The smallest absolute Gasteiger partial charge is 0.00936 e.